The van der Waals surface area contributed by atoms with E-state index in [-0.39, 0.29) is 19.0 Å². The van der Waals surface area contributed by atoms with Crippen LogP contribution in [-0.2, 0) is 11.8 Å². The van der Waals surface area contributed by atoms with Gasteiger partial charge in [-0.25, -0.2) is 4.39 Å². The molecule has 0 bridgehead atoms. The van der Waals surface area contributed by atoms with Crippen molar-refractivity contribution in [2.75, 3.05) is 13.2 Å². The molecule has 2 N–H and O–H groups in total. The van der Waals surface area contributed by atoms with Crippen LogP contribution in [0.4, 0.5) is 4.39 Å². The zero-order valence-corrected chi connectivity index (χ0v) is 11.4. The summed E-state index contributed by atoms with van der Waals surface area (Å²) >= 11 is 1.63. The van der Waals surface area contributed by atoms with E-state index in [1.165, 1.54) is 17.7 Å². The van der Waals surface area contributed by atoms with Crippen LogP contribution in [0.25, 0.3) is 0 Å². The van der Waals surface area contributed by atoms with Gasteiger partial charge in [0.25, 0.3) is 0 Å². The maximum atomic E-state index is 13.0. The van der Waals surface area contributed by atoms with Gasteiger partial charge in [0, 0.05) is 5.41 Å². The Labute approximate surface area is 116 Å². The van der Waals surface area contributed by atoms with Gasteiger partial charge in [-0.15, -0.1) is 0 Å². The fraction of sp³-hybridized carbons (Fsp3) is 0.333. The molecule has 0 fully saturated rings. The van der Waals surface area contributed by atoms with Gasteiger partial charge < -0.3 is 10.2 Å². The predicted molar refractivity (Wildman–Crippen MR) is 74.9 cm³/mol. The van der Waals surface area contributed by atoms with Crippen molar-refractivity contribution in [3.8, 4) is 0 Å². The van der Waals surface area contributed by atoms with Crippen molar-refractivity contribution in [2.45, 2.75) is 18.3 Å². The number of rotatable bonds is 6. The van der Waals surface area contributed by atoms with Crippen LogP contribution in [0.15, 0.2) is 41.1 Å². The van der Waals surface area contributed by atoms with E-state index >= 15 is 0 Å². The standard InChI is InChI=1S/C15H17FO2S/c16-14-3-1-13(2-4-14)15(10-17,11-18)7-5-12-6-8-19-9-12/h1-4,6,8-9,17-18H,5,7,10-11H2. The number of hydrogen-bond donors (Lipinski definition) is 2. The number of aryl methyl sites for hydroxylation is 1. The van der Waals surface area contributed by atoms with Gasteiger partial charge in [0.1, 0.15) is 5.82 Å². The van der Waals surface area contributed by atoms with Crippen LogP contribution >= 0.6 is 11.3 Å². The predicted octanol–water partition coefficient (Wildman–Crippen LogP) is 2.74. The molecule has 1 aromatic heterocycles. The average Bonchev–Trinajstić information content (AvgIpc) is 2.95. The fourth-order valence-electron chi connectivity index (χ4n) is 2.16. The first-order valence-corrected chi connectivity index (χ1v) is 7.13. The van der Waals surface area contributed by atoms with Gasteiger partial charge in [-0.1, -0.05) is 12.1 Å². The molecule has 0 radical (unpaired) electrons. The van der Waals surface area contributed by atoms with Crippen LogP contribution in [0.1, 0.15) is 17.5 Å². The molecule has 19 heavy (non-hydrogen) atoms. The minimum absolute atomic E-state index is 0.154. The highest BCUT2D eigenvalue weighted by molar-refractivity contribution is 7.07. The van der Waals surface area contributed by atoms with Gasteiger partial charge in [0.05, 0.1) is 13.2 Å². The summed E-state index contributed by atoms with van der Waals surface area (Å²) in [6, 6.07) is 8.03. The van der Waals surface area contributed by atoms with E-state index in [0.29, 0.717) is 6.42 Å². The van der Waals surface area contributed by atoms with Gasteiger partial charge in [-0.2, -0.15) is 11.3 Å². The molecule has 2 rings (SSSR count). The first kappa shape index (κ1) is 14.2. The molecular formula is C15H17FO2S. The van der Waals surface area contributed by atoms with Crippen molar-refractivity contribution in [1.82, 2.24) is 0 Å². The Morgan fingerprint density at radius 2 is 1.74 bits per heavy atom. The molecule has 0 aliphatic carbocycles. The van der Waals surface area contributed by atoms with Gasteiger partial charge in [0.2, 0.25) is 0 Å². The van der Waals surface area contributed by atoms with E-state index in [0.717, 1.165) is 12.0 Å². The number of aliphatic hydroxyl groups excluding tert-OH is 2. The highest BCUT2D eigenvalue weighted by Crippen LogP contribution is 2.29. The minimum atomic E-state index is -0.713. The highest BCUT2D eigenvalue weighted by atomic mass is 32.1. The van der Waals surface area contributed by atoms with Crippen molar-refractivity contribution in [2.24, 2.45) is 0 Å². The van der Waals surface area contributed by atoms with Gasteiger partial charge >= 0.3 is 0 Å². The number of benzene rings is 1. The Bertz CT molecular complexity index is 489. The van der Waals surface area contributed by atoms with Crippen molar-refractivity contribution in [3.05, 3.63) is 58.0 Å². The topological polar surface area (TPSA) is 40.5 Å². The molecule has 0 spiro atoms. The first-order chi connectivity index (χ1) is 9.20. The van der Waals surface area contributed by atoms with Crippen molar-refractivity contribution in [3.63, 3.8) is 0 Å². The zero-order valence-electron chi connectivity index (χ0n) is 10.6. The Morgan fingerprint density at radius 3 is 2.26 bits per heavy atom. The summed E-state index contributed by atoms with van der Waals surface area (Å²) in [7, 11) is 0. The van der Waals surface area contributed by atoms with Crippen LogP contribution in [-0.4, -0.2) is 23.4 Å². The molecule has 1 heterocycles. The second kappa shape index (κ2) is 6.28. The van der Waals surface area contributed by atoms with Crippen molar-refractivity contribution < 1.29 is 14.6 Å². The molecule has 0 saturated carbocycles. The fourth-order valence-corrected chi connectivity index (χ4v) is 2.86. The van der Waals surface area contributed by atoms with E-state index in [1.807, 2.05) is 11.4 Å². The molecule has 2 nitrogen and oxygen atoms in total. The monoisotopic (exact) mass is 280 g/mol. The number of hydrogen-bond acceptors (Lipinski definition) is 3. The zero-order chi connectivity index (χ0) is 13.7. The lowest BCUT2D eigenvalue weighted by Crippen LogP contribution is -2.35. The van der Waals surface area contributed by atoms with Crippen LogP contribution < -0.4 is 0 Å². The maximum Gasteiger partial charge on any atom is 0.123 e. The number of halogens is 1. The van der Waals surface area contributed by atoms with E-state index < -0.39 is 5.41 Å². The molecule has 2 aromatic rings. The Morgan fingerprint density at radius 1 is 1.05 bits per heavy atom. The lowest BCUT2D eigenvalue weighted by atomic mass is 9.77. The average molecular weight is 280 g/mol. The third-order valence-electron chi connectivity index (χ3n) is 3.53. The first-order valence-electron chi connectivity index (χ1n) is 6.19. The normalized spacial score (nSPS) is 11.7. The summed E-state index contributed by atoms with van der Waals surface area (Å²) in [5.41, 5.74) is 1.25. The summed E-state index contributed by atoms with van der Waals surface area (Å²) in [6.45, 7) is -0.307. The molecule has 1 aromatic carbocycles. The van der Waals surface area contributed by atoms with Gasteiger partial charge in [-0.05, 0) is 52.9 Å². The van der Waals surface area contributed by atoms with Gasteiger partial charge in [0.15, 0.2) is 0 Å². The van der Waals surface area contributed by atoms with Crippen LogP contribution in [0.3, 0.4) is 0 Å². The minimum Gasteiger partial charge on any atom is -0.395 e. The van der Waals surface area contributed by atoms with Crippen molar-refractivity contribution >= 4 is 11.3 Å². The molecule has 4 heteroatoms. The lowest BCUT2D eigenvalue weighted by Gasteiger charge is -2.30. The third-order valence-corrected chi connectivity index (χ3v) is 4.27. The second-order valence-corrected chi connectivity index (χ2v) is 5.52. The molecule has 0 aliphatic rings. The number of aliphatic hydroxyl groups is 2. The molecule has 0 aliphatic heterocycles. The van der Waals surface area contributed by atoms with E-state index in [4.69, 9.17) is 0 Å². The largest absolute Gasteiger partial charge is 0.395 e. The number of thiophene rings is 1. The molecule has 0 amide bonds. The quantitative estimate of drug-likeness (QED) is 0.854. The van der Waals surface area contributed by atoms with Crippen LogP contribution in [0, 0.1) is 5.82 Å². The lowest BCUT2D eigenvalue weighted by molar-refractivity contribution is 0.109. The smallest absolute Gasteiger partial charge is 0.123 e. The molecule has 102 valence electrons. The molecule has 0 unspecified atom stereocenters. The van der Waals surface area contributed by atoms with E-state index in [1.54, 1.807) is 23.5 Å². The Kier molecular flexibility index (Phi) is 4.69. The Hall–Kier alpha value is -1.23. The van der Waals surface area contributed by atoms with Crippen molar-refractivity contribution in [1.29, 1.82) is 0 Å². The summed E-state index contributed by atoms with van der Waals surface area (Å²) in [5.74, 6) is -0.314. The van der Waals surface area contributed by atoms with E-state index in [9.17, 15) is 14.6 Å². The van der Waals surface area contributed by atoms with E-state index in [2.05, 4.69) is 5.38 Å². The summed E-state index contributed by atoms with van der Waals surface area (Å²) in [5, 5.41) is 23.4. The second-order valence-electron chi connectivity index (χ2n) is 4.74. The summed E-state index contributed by atoms with van der Waals surface area (Å²) in [4.78, 5) is 0. The molecule has 0 atom stereocenters. The maximum absolute atomic E-state index is 13.0. The molecular weight excluding hydrogens is 263 g/mol. The molecule has 0 saturated heterocycles. The van der Waals surface area contributed by atoms with Gasteiger partial charge in [-0.3, -0.25) is 0 Å². The highest BCUT2D eigenvalue weighted by Gasteiger charge is 2.30. The SMILES string of the molecule is OCC(CO)(CCc1ccsc1)c1ccc(F)cc1. The summed E-state index contributed by atoms with van der Waals surface area (Å²) < 4.78 is 13.0. The summed E-state index contributed by atoms with van der Waals surface area (Å²) in [6.07, 6.45) is 1.41. The van der Waals surface area contributed by atoms with Crippen LogP contribution in [0.5, 0.6) is 0 Å². The van der Waals surface area contributed by atoms with Crippen LogP contribution in [0.2, 0.25) is 0 Å². The Balaban J connectivity index is 2.19. The third kappa shape index (κ3) is 3.21.